The third-order valence-electron chi connectivity index (χ3n) is 5.31. The molecule has 0 aliphatic heterocycles. The van der Waals surface area contributed by atoms with E-state index in [0.29, 0.717) is 6.04 Å². The number of rotatable bonds is 5. The number of hydrogen-bond acceptors (Lipinski definition) is 2. The molecule has 2 heteroatoms. The van der Waals surface area contributed by atoms with Gasteiger partial charge in [0.15, 0.2) is 0 Å². The Morgan fingerprint density at radius 2 is 1.72 bits per heavy atom. The second kappa shape index (κ2) is 7.49. The molecule has 0 aromatic rings. The maximum Gasteiger partial charge on any atom is 0.0107 e. The summed E-state index contributed by atoms with van der Waals surface area (Å²) in [6, 6.07) is 0.714. The third kappa shape index (κ3) is 4.24. The van der Waals surface area contributed by atoms with Crippen molar-refractivity contribution in [1.82, 2.24) is 5.32 Å². The van der Waals surface area contributed by atoms with Crippen LogP contribution in [-0.2, 0) is 0 Å². The summed E-state index contributed by atoms with van der Waals surface area (Å²) in [5, 5.41) is 3.80. The maximum atomic E-state index is 5.88. The van der Waals surface area contributed by atoms with E-state index in [0.717, 1.165) is 24.3 Å². The van der Waals surface area contributed by atoms with Gasteiger partial charge in [-0.05, 0) is 50.1 Å². The molecule has 2 unspecified atom stereocenters. The first-order chi connectivity index (χ1) is 8.79. The maximum absolute atomic E-state index is 5.88. The fraction of sp³-hybridized carbons (Fsp3) is 1.00. The van der Waals surface area contributed by atoms with E-state index in [1.807, 2.05) is 0 Å². The highest BCUT2D eigenvalue weighted by atomic mass is 14.9. The number of nitrogens with two attached hydrogens (primary N) is 1. The Hall–Kier alpha value is -0.0800. The lowest BCUT2D eigenvalue weighted by Gasteiger charge is -2.32. The van der Waals surface area contributed by atoms with Crippen LogP contribution in [0.5, 0.6) is 0 Å². The highest BCUT2D eigenvalue weighted by molar-refractivity contribution is 4.82. The Labute approximate surface area is 113 Å². The van der Waals surface area contributed by atoms with E-state index in [-0.39, 0.29) is 0 Å². The van der Waals surface area contributed by atoms with Crippen molar-refractivity contribution in [2.45, 2.75) is 70.8 Å². The van der Waals surface area contributed by atoms with Gasteiger partial charge >= 0.3 is 0 Å². The lowest BCUT2D eigenvalue weighted by Crippen LogP contribution is -2.42. The lowest BCUT2D eigenvalue weighted by atomic mass is 9.81. The number of hydrogen-bond donors (Lipinski definition) is 2. The molecule has 0 aromatic carbocycles. The molecule has 0 aromatic heterocycles. The van der Waals surface area contributed by atoms with Crippen LogP contribution in [0.2, 0.25) is 0 Å². The third-order valence-corrected chi connectivity index (χ3v) is 5.31. The van der Waals surface area contributed by atoms with E-state index < -0.39 is 0 Å². The molecule has 106 valence electrons. The van der Waals surface area contributed by atoms with Crippen LogP contribution in [0.1, 0.15) is 64.7 Å². The van der Waals surface area contributed by atoms with Crippen LogP contribution in [0.25, 0.3) is 0 Å². The van der Waals surface area contributed by atoms with E-state index in [9.17, 15) is 0 Å². The summed E-state index contributed by atoms with van der Waals surface area (Å²) in [4.78, 5) is 0. The average molecular weight is 252 g/mol. The molecule has 2 aliphatic rings. The second-order valence-corrected chi connectivity index (χ2v) is 6.76. The standard InChI is InChI=1S/C16H32N2/c1-13-6-8-14(9-7-13)10-11-18-16-5-3-2-4-15(16)12-17/h13-16,18H,2-12,17H2,1H3. The molecule has 0 radical (unpaired) electrons. The average Bonchev–Trinajstić information content (AvgIpc) is 2.41. The van der Waals surface area contributed by atoms with Gasteiger partial charge in [0.25, 0.3) is 0 Å². The van der Waals surface area contributed by atoms with E-state index in [1.165, 1.54) is 64.3 Å². The van der Waals surface area contributed by atoms with Gasteiger partial charge in [0, 0.05) is 6.04 Å². The monoisotopic (exact) mass is 252 g/mol. The highest BCUT2D eigenvalue weighted by Gasteiger charge is 2.24. The number of nitrogens with one attached hydrogen (secondary N) is 1. The van der Waals surface area contributed by atoms with Crippen molar-refractivity contribution < 1.29 is 0 Å². The highest BCUT2D eigenvalue weighted by Crippen LogP contribution is 2.30. The van der Waals surface area contributed by atoms with Crippen LogP contribution in [0.4, 0.5) is 0 Å². The predicted molar refractivity (Wildman–Crippen MR) is 78.5 cm³/mol. The molecule has 2 aliphatic carbocycles. The summed E-state index contributed by atoms with van der Waals surface area (Å²) in [5.74, 6) is 2.72. The van der Waals surface area contributed by atoms with Crippen molar-refractivity contribution in [3.63, 3.8) is 0 Å². The smallest absolute Gasteiger partial charge is 0.0107 e. The summed E-state index contributed by atoms with van der Waals surface area (Å²) >= 11 is 0. The molecule has 2 nitrogen and oxygen atoms in total. The molecule has 2 rings (SSSR count). The molecule has 2 atom stereocenters. The first kappa shape index (κ1) is 14.3. The molecule has 18 heavy (non-hydrogen) atoms. The van der Waals surface area contributed by atoms with Crippen molar-refractivity contribution in [3.8, 4) is 0 Å². The van der Waals surface area contributed by atoms with Crippen LogP contribution in [-0.4, -0.2) is 19.1 Å². The Balaban J connectivity index is 1.62. The summed E-state index contributed by atoms with van der Waals surface area (Å²) in [7, 11) is 0. The zero-order valence-electron chi connectivity index (χ0n) is 12.2. The molecule has 0 heterocycles. The van der Waals surface area contributed by atoms with Crippen molar-refractivity contribution in [2.24, 2.45) is 23.5 Å². The Morgan fingerprint density at radius 3 is 2.44 bits per heavy atom. The summed E-state index contributed by atoms with van der Waals surface area (Å²) < 4.78 is 0. The molecular formula is C16H32N2. The molecule has 0 spiro atoms. The van der Waals surface area contributed by atoms with Gasteiger partial charge < -0.3 is 11.1 Å². The first-order valence-electron chi connectivity index (χ1n) is 8.23. The molecule has 0 bridgehead atoms. The van der Waals surface area contributed by atoms with Gasteiger partial charge in [-0.25, -0.2) is 0 Å². The summed E-state index contributed by atoms with van der Waals surface area (Å²) in [5.41, 5.74) is 5.88. The fourth-order valence-electron chi connectivity index (χ4n) is 3.85. The van der Waals surface area contributed by atoms with Crippen LogP contribution < -0.4 is 11.1 Å². The van der Waals surface area contributed by atoms with Gasteiger partial charge in [-0.1, -0.05) is 45.4 Å². The van der Waals surface area contributed by atoms with Crippen molar-refractivity contribution in [1.29, 1.82) is 0 Å². The topological polar surface area (TPSA) is 38.0 Å². The van der Waals surface area contributed by atoms with Crippen LogP contribution >= 0.6 is 0 Å². The van der Waals surface area contributed by atoms with Gasteiger partial charge in [-0.3, -0.25) is 0 Å². The minimum absolute atomic E-state index is 0.714. The first-order valence-corrected chi connectivity index (χ1v) is 8.23. The fourth-order valence-corrected chi connectivity index (χ4v) is 3.85. The Morgan fingerprint density at radius 1 is 1.00 bits per heavy atom. The van der Waals surface area contributed by atoms with Crippen molar-refractivity contribution in [2.75, 3.05) is 13.1 Å². The minimum Gasteiger partial charge on any atom is -0.330 e. The van der Waals surface area contributed by atoms with Crippen molar-refractivity contribution >= 4 is 0 Å². The SMILES string of the molecule is CC1CCC(CCNC2CCCCC2CN)CC1. The lowest BCUT2D eigenvalue weighted by molar-refractivity contribution is 0.242. The molecule has 2 saturated carbocycles. The van der Waals surface area contributed by atoms with Gasteiger partial charge in [-0.2, -0.15) is 0 Å². The van der Waals surface area contributed by atoms with Gasteiger partial charge in [0.1, 0.15) is 0 Å². The summed E-state index contributed by atoms with van der Waals surface area (Å²) in [6.45, 7) is 4.50. The van der Waals surface area contributed by atoms with E-state index >= 15 is 0 Å². The zero-order valence-corrected chi connectivity index (χ0v) is 12.2. The molecular weight excluding hydrogens is 220 g/mol. The van der Waals surface area contributed by atoms with E-state index in [1.54, 1.807) is 0 Å². The van der Waals surface area contributed by atoms with Crippen molar-refractivity contribution in [3.05, 3.63) is 0 Å². The van der Waals surface area contributed by atoms with E-state index in [4.69, 9.17) is 5.73 Å². The van der Waals surface area contributed by atoms with Gasteiger partial charge in [0.2, 0.25) is 0 Å². The van der Waals surface area contributed by atoms with E-state index in [2.05, 4.69) is 12.2 Å². The Kier molecular flexibility index (Phi) is 5.97. The summed E-state index contributed by atoms with van der Waals surface area (Å²) in [6.07, 6.45) is 12.7. The van der Waals surface area contributed by atoms with Crippen LogP contribution in [0.15, 0.2) is 0 Å². The Bertz CT molecular complexity index is 221. The molecule has 0 saturated heterocycles. The molecule has 2 fully saturated rings. The molecule has 0 amide bonds. The van der Waals surface area contributed by atoms with Gasteiger partial charge in [-0.15, -0.1) is 0 Å². The van der Waals surface area contributed by atoms with Crippen LogP contribution in [0, 0.1) is 17.8 Å². The largest absolute Gasteiger partial charge is 0.330 e. The minimum atomic E-state index is 0.714. The predicted octanol–water partition coefficient (Wildman–Crippen LogP) is 3.31. The second-order valence-electron chi connectivity index (χ2n) is 6.76. The quantitative estimate of drug-likeness (QED) is 0.788. The van der Waals surface area contributed by atoms with Crippen LogP contribution in [0.3, 0.4) is 0 Å². The zero-order chi connectivity index (χ0) is 12.8. The molecule has 3 N–H and O–H groups in total. The normalized spacial score (nSPS) is 37.7. The van der Waals surface area contributed by atoms with Gasteiger partial charge in [0.05, 0.1) is 0 Å².